The summed E-state index contributed by atoms with van der Waals surface area (Å²) in [5.74, 6) is -5.49. The molecule has 0 saturated heterocycles. The number of halogens is 3. The number of nitriles is 1. The zero-order valence-corrected chi connectivity index (χ0v) is 9.85. The predicted molar refractivity (Wildman–Crippen MR) is 58.0 cm³/mol. The molecule has 0 saturated carbocycles. The fourth-order valence-electron chi connectivity index (χ4n) is 1.14. The Bertz CT molecular complexity index is 521. The SMILES string of the molecule is CC(C)(C#N)CNC(=O)c1ccc(F)c(F)c1F. The van der Waals surface area contributed by atoms with Crippen LogP contribution in [0.25, 0.3) is 0 Å². The zero-order chi connectivity index (χ0) is 13.9. The van der Waals surface area contributed by atoms with Gasteiger partial charge in [-0.15, -0.1) is 0 Å². The van der Waals surface area contributed by atoms with Crippen LogP contribution in [-0.2, 0) is 0 Å². The van der Waals surface area contributed by atoms with Gasteiger partial charge in [-0.25, -0.2) is 13.2 Å². The van der Waals surface area contributed by atoms with E-state index in [9.17, 15) is 18.0 Å². The molecule has 1 N–H and O–H groups in total. The number of carbonyl (C=O) groups is 1. The van der Waals surface area contributed by atoms with Gasteiger partial charge in [-0.2, -0.15) is 5.26 Å². The lowest BCUT2D eigenvalue weighted by atomic mass is 9.96. The van der Waals surface area contributed by atoms with Crippen molar-refractivity contribution in [2.75, 3.05) is 6.54 Å². The van der Waals surface area contributed by atoms with Crippen LogP contribution in [0.2, 0.25) is 0 Å². The highest BCUT2D eigenvalue weighted by atomic mass is 19.2. The first kappa shape index (κ1) is 14.0. The molecule has 1 rings (SSSR count). The van der Waals surface area contributed by atoms with Crippen LogP contribution in [0.5, 0.6) is 0 Å². The smallest absolute Gasteiger partial charge is 0.254 e. The van der Waals surface area contributed by atoms with Crippen LogP contribution in [0.3, 0.4) is 0 Å². The van der Waals surface area contributed by atoms with Crippen molar-refractivity contribution in [1.82, 2.24) is 5.32 Å². The standard InChI is InChI=1S/C12H11F3N2O/c1-12(2,5-16)6-17-11(18)7-3-4-8(13)10(15)9(7)14/h3-4H,6H2,1-2H3,(H,17,18). The molecule has 0 unspecified atom stereocenters. The van der Waals surface area contributed by atoms with Gasteiger partial charge in [0.15, 0.2) is 17.5 Å². The quantitative estimate of drug-likeness (QED) is 0.844. The molecule has 0 aromatic heterocycles. The lowest BCUT2D eigenvalue weighted by molar-refractivity contribution is 0.0938. The van der Waals surface area contributed by atoms with Crippen LogP contribution in [-0.4, -0.2) is 12.5 Å². The van der Waals surface area contributed by atoms with Crippen LogP contribution >= 0.6 is 0 Å². The number of carbonyl (C=O) groups excluding carboxylic acids is 1. The van der Waals surface area contributed by atoms with Crippen molar-refractivity contribution in [1.29, 1.82) is 5.26 Å². The van der Waals surface area contributed by atoms with Crippen molar-refractivity contribution in [2.24, 2.45) is 5.41 Å². The van der Waals surface area contributed by atoms with Gasteiger partial charge in [0.2, 0.25) is 0 Å². The maximum Gasteiger partial charge on any atom is 0.254 e. The van der Waals surface area contributed by atoms with E-state index in [0.29, 0.717) is 6.07 Å². The highest BCUT2D eigenvalue weighted by molar-refractivity contribution is 5.94. The predicted octanol–water partition coefficient (Wildman–Crippen LogP) is 2.38. The second-order valence-electron chi connectivity index (χ2n) is 4.40. The Hall–Kier alpha value is -2.03. The van der Waals surface area contributed by atoms with E-state index in [1.807, 2.05) is 6.07 Å². The van der Waals surface area contributed by atoms with Crippen LogP contribution in [0.15, 0.2) is 12.1 Å². The van der Waals surface area contributed by atoms with E-state index < -0.39 is 34.3 Å². The molecule has 0 bridgehead atoms. The molecule has 1 aromatic rings. The molecule has 3 nitrogen and oxygen atoms in total. The first-order valence-electron chi connectivity index (χ1n) is 5.11. The molecule has 0 spiro atoms. The average Bonchev–Trinajstić information content (AvgIpc) is 2.33. The Balaban J connectivity index is 2.87. The fourth-order valence-corrected chi connectivity index (χ4v) is 1.14. The van der Waals surface area contributed by atoms with Gasteiger partial charge in [-0.05, 0) is 26.0 Å². The fraction of sp³-hybridized carbons (Fsp3) is 0.333. The number of benzene rings is 1. The molecule has 0 aliphatic carbocycles. The summed E-state index contributed by atoms with van der Waals surface area (Å²) in [7, 11) is 0. The lowest BCUT2D eigenvalue weighted by Gasteiger charge is -2.16. The molecule has 96 valence electrons. The minimum Gasteiger partial charge on any atom is -0.350 e. The molecule has 0 heterocycles. The van der Waals surface area contributed by atoms with Crippen molar-refractivity contribution in [3.8, 4) is 6.07 Å². The minimum absolute atomic E-state index is 0.0270. The average molecular weight is 256 g/mol. The van der Waals surface area contributed by atoms with Crippen LogP contribution < -0.4 is 5.32 Å². The Morgan fingerprint density at radius 1 is 1.33 bits per heavy atom. The maximum atomic E-state index is 13.3. The minimum atomic E-state index is -1.69. The Labute approximate surface area is 102 Å². The van der Waals surface area contributed by atoms with E-state index in [4.69, 9.17) is 5.26 Å². The molecule has 1 amide bonds. The highest BCUT2D eigenvalue weighted by Gasteiger charge is 2.22. The van der Waals surface area contributed by atoms with Gasteiger partial charge >= 0.3 is 0 Å². The lowest BCUT2D eigenvalue weighted by Crippen LogP contribution is -2.33. The highest BCUT2D eigenvalue weighted by Crippen LogP contribution is 2.16. The monoisotopic (exact) mass is 256 g/mol. The van der Waals surface area contributed by atoms with Gasteiger partial charge in [-0.1, -0.05) is 0 Å². The summed E-state index contributed by atoms with van der Waals surface area (Å²) in [6, 6.07) is 3.46. The molecule has 0 radical (unpaired) electrons. The summed E-state index contributed by atoms with van der Waals surface area (Å²) in [4.78, 5) is 11.5. The van der Waals surface area contributed by atoms with E-state index >= 15 is 0 Å². The third-order valence-corrected chi connectivity index (χ3v) is 2.27. The van der Waals surface area contributed by atoms with E-state index in [1.54, 1.807) is 13.8 Å². The summed E-state index contributed by atoms with van der Waals surface area (Å²) in [6.07, 6.45) is 0. The number of amides is 1. The Kier molecular flexibility index (Phi) is 3.96. The molecule has 1 aromatic carbocycles. The van der Waals surface area contributed by atoms with Gasteiger partial charge in [0.1, 0.15) is 0 Å². The maximum absolute atomic E-state index is 13.3. The topological polar surface area (TPSA) is 52.9 Å². The van der Waals surface area contributed by atoms with Crippen LogP contribution in [0, 0.1) is 34.2 Å². The summed E-state index contributed by atoms with van der Waals surface area (Å²) >= 11 is 0. The molecule has 0 aliphatic heterocycles. The van der Waals surface area contributed by atoms with Gasteiger partial charge in [0, 0.05) is 6.54 Å². The number of nitrogens with one attached hydrogen (secondary N) is 1. The van der Waals surface area contributed by atoms with Crippen molar-refractivity contribution >= 4 is 5.91 Å². The molecular weight excluding hydrogens is 245 g/mol. The van der Waals surface area contributed by atoms with E-state index in [2.05, 4.69) is 5.32 Å². The van der Waals surface area contributed by atoms with Crippen molar-refractivity contribution in [3.63, 3.8) is 0 Å². The van der Waals surface area contributed by atoms with Crippen molar-refractivity contribution in [3.05, 3.63) is 35.1 Å². The molecule has 0 atom stereocenters. The molecule has 6 heteroatoms. The Morgan fingerprint density at radius 3 is 2.50 bits per heavy atom. The van der Waals surface area contributed by atoms with E-state index in [1.165, 1.54) is 0 Å². The van der Waals surface area contributed by atoms with E-state index in [-0.39, 0.29) is 6.54 Å². The zero-order valence-electron chi connectivity index (χ0n) is 9.85. The summed E-state index contributed by atoms with van der Waals surface area (Å²) < 4.78 is 38.8. The van der Waals surface area contributed by atoms with Gasteiger partial charge in [-0.3, -0.25) is 4.79 Å². The van der Waals surface area contributed by atoms with Crippen LogP contribution in [0.4, 0.5) is 13.2 Å². The van der Waals surface area contributed by atoms with Gasteiger partial charge in [0.25, 0.3) is 5.91 Å². The van der Waals surface area contributed by atoms with Crippen molar-refractivity contribution in [2.45, 2.75) is 13.8 Å². The largest absolute Gasteiger partial charge is 0.350 e. The molecule has 0 aliphatic rings. The normalized spacial score (nSPS) is 10.9. The molecule has 18 heavy (non-hydrogen) atoms. The second kappa shape index (κ2) is 5.08. The first-order chi connectivity index (χ1) is 8.28. The summed E-state index contributed by atoms with van der Waals surface area (Å²) in [6.45, 7) is 3.13. The second-order valence-corrected chi connectivity index (χ2v) is 4.40. The van der Waals surface area contributed by atoms with Gasteiger partial charge < -0.3 is 5.32 Å². The molecular formula is C12H11F3N2O. The van der Waals surface area contributed by atoms with Crippen LogP contribution in [0.1, 0.15) is 24.2 Å². The molecule has 0 fully saturated rings. The summed E-state index contributed by atoms with van der Waals surface area (Å²) in [5, 5.41) is 11.0. The number of rotatable bonds is 3. The number of hydrogen-bond donors (Lipinski definition) is 1. The summed E-state index contributed by atoms with van der Waals surface area (Å²) in [5.41, 5.74) is -1.42. The Morgan fingerprint density at radius 2 is 1.94 bits per heavy atom. The first-order valence-corrected chi connectivity index (χ1v) is 5.11. The van der Waals surface area contributed by atoms with Gasteiger partial charge in [0.05, 0.1) is 17.0 Å². The third kappa shape index (κ3) is 3.00. The number of hydrogen-bond acceptors (Lipinski definition) is 2. The van der Waals surface area contributed by atoms with E-state index in [0.717, 1.165) is 6.07 Å². The number of nitrogens with zero attached hydrogens (tertiary/aromatic N) is 1. The third-order valence-electron chi connectivity index (χ3n) is 2.27. The van der Waals surface area contributed by atoms with Crippen molar-refractivity contribution < 1.29 is 18.0 Å².